The third-order valence-electron chi connectivity index (χ3n) is 4.53. The molecular weight excluding hydrogens is 340 g/mol. The Morgan fingerprint density at radius 3 is 2.52 bits per heavy atom. The van der Waals surface area contributed by atoms with Crippen LogP contribution < -0.4 is 10.6 Å². The largest absolute Gasteiger partial charge is 0.366 e. The molecule has 4 rings (SSSR count). The Morgan fingerprint density at radius 2 is 1.74 bits per heavy atom. The van der Waals surface area contributed by atoms with Gasteiger partial charge in [-0.3, -0.25) is 4.79 Å². The predicted octanol–water partition coefficient (Wildman–Crippen LogP) is 3.45. The molecule has 6 nitrogen and oxygen atoms in total. The Hall–Kier alpha value is -3.67. The van der Waals surface area contributed by atoms with Crippen molar-refractivity contribution < 1.29 is 9.59 Å². The first-order valence-electron chi connectivity index (χ1n) is 8.61. The summed E-state index contributed by atoms with van der Waals surface area (Å²) in [5.74, 6) is -0.0587. The van der Waals surface area contributed by atoms with Gasteiger partial charge in [-0.1, -0.05) is 48.5 Å². The molecule has 0 aliphatic carbocycles. The first kappa shape index (κ1) is 16.8. The number of fused-ring (bicyclic) bond motifs is 1. The highest BCUT2D eigenvalue weighted by molar-refractivity contribution is 6.07. The summed E-state index contributed by atoms with van der Waals surface area (Å²) >= 11 is 0. The molecule has 1 aromatic heterocycles. The van der Waals surface area contributed by atoms with Crippen LogP contribution in [0, 0.1) is 0 Å². The van der Waals surface area contributed by atoms with Crippen molar-refractivity contribution in [3.8, 4) is 0 Å². The Morgan fingerprint density at radius 1 is 1.00 bits per heavy atom. The van der Waals surface area contributed by atoms with Gasteiger partial charge in [0.15, 0.2) is 0 Å². The van der Waals surface area contributed by atoms with Crippen molar-refractivity contribution in [3.05, 3.63) is 89.6 Å². The van der Waals surface area contributed by atoms with Crippen LogP contribution in [0.15, 0.2) is 72.9 Å². The van der Waals surface area contributed by atoms with Gasteiger partial charge in [0.25, 0.3) is 5.91 Å². The Labute approximate surface area is 156 Å². The monoisotopic (exact) mass is 358 g/mol. The minimum Gasteiger partial charge on any atom is -0.366 e. The summed E-state index contributed by atoms with van der Waals surface area (Å²) in [6.07, 6.45) is 1.64. The Kier molecular flexibility index (Phi) is 4.30. The Balaban J connectivity index is 1.80. The summed E-state index contributed by atoms with van der Waals surface area (Å²) in [5.41, 5.74) is 8.19. The van der Waals surface area contributed by atoms with E-state index in [0.29, 0.717) is 24.6 Å². The molecule has 2 N–H and O–H groups in total. The number of nitrogens with zero attached hydrogens (tertiary/aromatic N) is 3. The molecule has 0 bridgehead atoms. The fraction of sp³-hybridized carbons (Fsp3) is 0.0952. The van der Waals surface area contributed by atoms with Crippen molar-refractivity contribution in [3.63, 3.8) is 0 Å². The number of amides is 3. The highest BCUT2D eigenvalue weighted by Crippen LogP contribution is 2.35. The molecule has 0 radical (unpaired) electrons. The zero-order chi connectivity index (χ0) is 18.8. The van der Waals surface area contributed by atoms with Crippen molar-refractivity contribution in [2.75, 3.05) is 4.90 Å². The Bertz CT molecular complexity index is 1000. The lowest BCUT2D eigenvalue weighted by atomic mass is 10.1. The minimum atomic E-state index is -0.587. The number of aromatic nitrogens is 1. The second-order valence-electron chi connectivity index (χ2n) is 6.33. The topological polar surface area (TPSA) is 79.5 Å². The maximum atomic E-state index is 13.3. The van der Waals surface area contributed by atoms with Crippen LogP contribution in [0.5, 0.6) is 0 Å². The van der Waals surface area contributed by atoms with Gasteiger partial charge in [-0.2, -0.15) is 0 Å². The number of anilines is 2. The first-order valence-corrected chi connectivity index (χ1v) is 8.61. The molecule has 0 saturated heterocycles. The highest BCUT2D eigenvalue weighted by Gasteiger charge is 2.34. The molecule has 1 aliphatic heterocycles. The van der Waals surface area contributed by atoms with Gasteiger partial charge in [-0.25, -0.2) is 14.7 Å². The van der Waals surface area contributed by atoms with E-state index in [-0.39, 0.29) is 11.6 Å². The van der Waals surface area contributed by atoms with Crippen LogP contribution in [-0.4, -0.2) is 21.8 Å². The molecule has 2 heterocycles. The number of pyridine rings is 1. The number of hydrogen-bond donors (Lipinski definition) is 1. The van der Waals surface area contributed by atoms with E-state index < -0.39 is 5.91 Å². The third kappa shape index (κ3) is 3.13. The summed E-state index contributed by atoms with van der Waals surface area (Å²) in [7, 11) is 0. The van der Waals surface area contributed by atoms with Gasteiger partial charge in [-0.15, -0.1) is 0 Å². The summed E-state index contributed by atoms with van der Waals surface area (Å²) in [4.78, 5) is 32.8. The molecule has 2 aromatic carbocycles. The summed E-state index contributed by atoms with van der Waals surface area (Å²) in [6, 6.07) is 20.1. The normalized spacial score (nSPS) is 13.4. The zero-order valence-corrected chi connectivity index (χ0v) is 14.6. The number of primary amides is 1. The molecule has 0 fully saturated rings. The molecule has 27 heavy (non-hydrogen) atoms. The lowest BCUT2D eigenvalue weighted by molar-refractivity contribution is 0.100. The smallest absolute Gasteiger partial charge is 0.330 e. The predicted molar refractivity (Wildman–Crippen MR) is 102 cm³/mol. The number of nitrogens with two attached hydrogens (primary N) is 1. The average Bonchev–Trinajstić information content (AvgIpc) is 2.69. The average molecular weight is 358 g/mol. The van der Waals surface area contributed by atoms with Crippen molar-refractivity contribution in [2.45, 2.75) is 13.1 Å². The van der Waals surface area contributed by atoms with E-state index >= 15 is 0 Å². The van der Waals surface area contributed by atoms with Crippen LogP contribution >= 0.6 is 0 Å². The molecule has 3 amide bonds. The molecule has 1 aliphatic rings. The van der Waals surface area contributed by atoms with Crippen LogP contribution in [0.1, 0.15) is 21.5 Å². The number of carbonyl (C=O) groups excluding carboxylic acids is 2. The molecule has 3 aromatic rings. The summed E-state index contributed by atoms with van der Waals surface area (Å²) in [5, 5.41) is 0. The van der Waals surface area contributed by atoms with Crippen molar-refractivity contribution >= 4 is 23.4 Å². The molecular formula is C21H18N4O2. The van der Waals surface area contributed by atoms with Crippen molar-refractivity contribution in [1.29, 1.82) is 0 Å². The van der Waals surface area contributed by atoms with Crippen LogP contribution in [-0.2, 0) is 13.1 Å². The van der Waals surface area contributed by atoms with E-state index in [2.05, 4.69) is 4.98 Å². The molecule has 6 heteroatoms. The molecule has 134 valence electrons. The lowest BCUT2D eigenvalue weighted by Crippen LogP contribution is -2.45. The van der Waals surface area contributed by atoms with Crippen LogP contribution in [0.2, 0.25) is 0 Å². The number of urea groups is 1. The standard InChI is InChI=1S/C21H18N4O2/c22-19(26)17-10-4-5-11-18(17)25-20-16(9-6-12-23-20)14-24(21(25)27)13-15-7-2-1-3-8-15/h1-12H,13-14H2,(H2,22,26). The van der Waals surface area contributed by atoms with Gasteiger partial charge in [-0.05, 0) is 23.8 Å². The number of rotatable bonds is 4. The number of benzene rings is 2. The fourth-order valence-corrected chi connectivity index (χ4v) is 3.28. The van der Waals surface area contributed by atoms with Gasteiger partial charge >= 0.3 is 6.03 Å². The van der Waals surface area contributed by atoms with Gasteiger partial charge in [0, 0.05) is 18.3 Å². The van der Waals surface area contributed by atoms with E-state index in [1.54, 1.807) is 35.4 Å². The van der Waals surface area contributed by atoms with Gasteiger partial charge in [0.05, 0.1) is 17.8 Å². The maximum Gasteiger partial charge on any atom is 0.330 e. The van der Waals surface area contributed by atoms with E-state index in [1.165, 1.54) is 4.90 Å². The van der Waals surface area contributed by atoms with Gasteiger partial charge < -0.3 is 10.6 Å². The van der Waals surface area contributed by atoms with Gasteiger partial charge in [0.1, 0.15) is 5.82 Å². The number of para-hydroxylation sites is 1. The SMILES string of the molecule is NC(=O)c1ccccc1N1C(=O)N(Cc2ccccc2)Cc2cccnc21. The van der Waals surface area contributed by atoms with E-state index in [1.807, 2.05) is 42.5 Å². The number of carbonyl (C=O) groups is 2. The van der Waals surface area contributed by atoms with Crippen LogP contribution in [0.4, 0.5) is 16.3 Å². The van der Waals surface area contributed by atoms with Gasteiger partial charge in [0.2, 0.25) is 0 Å². The third-order valence-corrected chi connectivity index (χ3v) is 4.53. The summed E-state index contributed by atoms with van der Waals surface area (Å²) in [6.45, 7) is 0.912. The van der Waals surface area contributed by atoms with Crippen molar-refractivity contribution in [1.82, 2.24) is 9.88 Å². The molecule has 0 unspecified atom stereocenters. The second-order valence-corrected chi connectivity index (χ2v) is 6.33. The minimum absolute atomic E-state index is 0.237. The summed E-state index contributed by atoms with van der Waals surface area (Å²) < 4.78 is 0. The van der Waals surface area contributed by atoms with Crippen LogP contribution in [0.25, 0.3) is 0 Å². The molecule has 0 saturated carbocycles. The van der Waals surface area contributed by atoms with E-state index in [9.17, 15) is 9.59 Å². The lowest BCUT2D eigenvalue weighted by Gasteiger charge is -2.36. The van der Waals surface area contributed by atoms with Crippen LogP contribution in [0.3, 0.4) is 0 Å². The zero-order valence-electron chi connectivity index (χ0n) is 14.6. The highest BCUT2D eigenvalue weighted by atomic mass is 16.2. The molecule has 0 spiro atoms. The molecule has 0 atom stereocenters. The van der Waals surface area contributed by atoms with Crippen molar-refractivity contribution in [2.24, 2.45) is 5.73 Å². The fourth-order valence-electron chi connectivity index (χ4n) is 3.28. The van der Waals surface area contributed by atoms with E-state index in [4.69, 9.17) is 5.73 Å². The second kappa shape index (κ2) is 6.92. The first-order chi connectivity index (χ1) is 13.1. The number of hydrogen-bond acceptors (Lipinski definition) is 3. The maximum absolute atomic E-state index is 13.3. The van der Waals surface area contributed by atoms with E-state index in [0.717, 1.165) is 11.1 Å². The quantitative estimate of drug-likeness (QED) is 0.776.